The number of imide groups is 1. The molecule has 1 saturated heterocycles. The Kier molecular flexibility index (Phi) is 5.12. The second-order valence-electron chi connectivity index (χ2n) is 7.84. The molecule has 0 bridgehead atoms. The Labute approximate surface area is 169 Å². The van der Waals surface area contributed by atoms with Gasteiger partial charge in [0.05, 0.1) is 17.4 Å². The summed E-state index contributed by atoms with van der Waals surface area (Å²) in [6.45, 7) is 7.60. The van der Waals surface area contributed by atoms with Crippen LogP contribution in [-0.4, -0.2) is 45.8 Å². The molecular weight excluding hydrogens is 370 g/mol. The third kappa shape index (κ3) is 3.57. The van der Waals surface area contributed by atoms with E-state index in [4.69, 9.17) is 0 Å². The monoisotopic (exact) mass is 393 g/mol. The summed E-state index contributed by atoms with van der Waals surface area (Å²) in [5.41, 5.74) is 4.03. The number of para-hydroxylation sites is 1. The number of benzene rings is 1. The van der Waals surface area contributed by atoms with Crippen LogP contribution in [0.15, 0.2) is 35.4 Å². The fourth-order valence-corrected chi connectivity index (χ4v) is 3.02. The number of hydrazone groups is 1. The lowest BCUT2D eigenvalue weighted by atomic mass is 9.90. The van der Waals surface area contributed by atoms with Crippen LogP contribution in [0.1, 0.15) is 39.0 Å². The number of H-pyrrole nitrogens is 1. The Morgan fingerprint density at radius 1 is 1.24 bits per heavy atom. The molecule has 0 radical (unpaired) electrons. The van der Waals surface area contributed by atoms with Crippen molar-refractivity contribution in [2.45, 2.75) is 39.2 Å². The van der Waals surface area contributed by atoms with Crippen LogP contribution in [0, 0.1) is 11.3 Å². The molecule has 0 spiro atoms. The van der Waals surface area contributed by atoms with Gasteiger partial charge in [0, 0.05) is 12.5 Å². The third-order valence-electron chi connectivity index (χ3n) is 4.82. The summed E-state index contributed by atoms with van der Waals surface area (Å²) in [7, 11) is 1.61. The van der Waals surface area contributed by atoms with E-state index in [2.05, 4.69) is 26.8 Å². The van der Waals surface area contributed by atoms with Crippen molar-refractivity contribution in [1.29, 1.82) is 5.26 Å². The van der Waals surface area contributed by atoms with E-state index in [0.717, 1.165) is 4.90 Å². The first-order chi connectivity index (χ1) is 13.7. The smallest absolute Gasteiger partial charge is 0.318 e. The second kappa shape index (κ2) is 7.39. The largest absolute Gasteiger partial charge is 0.331 e. The molecule has 1 unspecified atom stereocenters. The summed E-state index contributed by atoms with van der Waals surface area (Å²) in [4.78, 5) is 28.2. The average molecular weight is 393 g/mol. The minimum absolute atomic E-state index is 0.139. The van der Waals surface area contributed by atoms with Crippen molar-refractivity contribution in [1.82, 2.24) is 15.1 Å². The average Bonchev–Trinajstić information content (AvgIpc) is 3.10. The highest BCUT2D eigenvalue weighted by Gasteiger charge is 2.41. The van der Waals surface area contributed by atoms with E-state index >= 15 is 0 Å². The fourth-order valence-electron chi connectivity index (χ4n) is 3.02. The first kappa shape index (κ1) is 20.1. The van der Waals surface area contributed by atoms with Gasteiger partial charge >= 0.3 is 6.03 Å². The lowest BCUT2D eigenvalue weighted by Gasteiger charge is -2.36. The zero-order chi connectivity index (χ0) is 21.3. The van der Waals surface area contributed by atoms with Gasteiger partial charge in [0.25, 0.3) is 5.91 Å². The minimum Gasteiger partial charge on any atom is -0.318 e. The Morgan fingerprint density at radius 2 is 1.90 bits per heavy atom. The van der Waals surface area contributed by atoms with Crippen molar-refractivity contribution >= 4 is 29.2 Å². The van der Waals surface area contributed by atoms with Gasteiger partial charge in [0.1, 0.15) is 17.3 Å². The molecular formula is C20H23N7O2. The maximum atomic E-state index is 13.0. The highest BCUT2D eigenvalue weighted by atomic mass is 16.2. The molecule has 1 aromatic heterocycles. The van der Waals surface area contributed by atoms with Gasteiger partial charge in [0.2, 0.25) is 0 Å². The predicted molar refractivity (Wildman–Crippen MR) is 110 cm³/mol. The number of carbonyl (C=O) groups excluding carboxylic acids is 2. The Balaban J connectivity index is 1.96. The van der Waals surface area contributed by atoms with Crippen molar-refractivity contribution in [2.75, 3.05) is 17.4 Å². The first-order valence-corrected chi connectivity index (χ1v) is 9.15. The summed E-state index contributed by atoms with van der Waals surface area (Å²) >= 11 is 0. The number of hydrogen-bond acceptors (Lipinski definition) is 6. The molecule has 1 aliphatic rings. The molecule has 1 aromatic carbocycles. The highest BCUT2D eigenvalue weighted by molar-refractivity contribution is 6.51. The van der Waals surface area contributed by atoms with Crippen molar-refractivity contribution in [3.05, 3.63) is 41.6 Å². The number of aromatic nitrogens is 2. The van der Waals surface area contributed by atoms with Crippen LogP contribution in [-0.2, 0) is 10.2 Å². The molecule has 1 fully saturated rings. The number of anilines is 2. The summed E-state index contributed by atoms with van der Waals surface area (Å²) in [6.07, 6.45) is 0. The Hall–Kier alpha value is -3.67. The number of carbonyl (C=O) groups is 2. The SMILES string of the molecule is CC1C(=NNc2n[nH]c(C(C)(C)C)c2C#N)C(=O)N(c2ccccc2)C(=O)N1C. The van der Waals surface area contributed by atoms with Crippen molar-refractivity contribution in [3.8, 4) is 6.07 Å². The Morgan fingerprint density at radius 3 is 2.48 bits per heavy atom. The molecule has 150 valence electrons. The van der Waals surface area contributed by atoms with Gasteiger partial charge in [-0.3, -0.25) is 15.3 Å². The fraction of sp³-hybridized carbons (Fsp3) is 0.350. The number of nitrogens with one attached hydrogen (secondary N) is 2. The lowest BCUT2D eigenvalue weighted by molar-refractivity contribution is -0.112. The molecule has 1 aliphatic heterocycles. The number of hydrogen-bond donors (Lipinski definition) is 2. The molecule has 29 heavy (non-hydrogen) atoms. The van der Waals surface area contributed by atoms with E-state index in [1.54, 1.807) is 44.3 Å². The normalized spacial score (nSPS) is 18.9. The van der Waals surface area contributed by atoms with E-state index < -0.39 is 18.0 Å². The van der Waals surface area contributed by atoms with Gasteiger partial charge in [-0.2, -0.15) is 15.5 Å². The zero-order valence-corrected chi connectivity index (χ0v) is 17.0. The van der Waals surface area contributed by atoms with E-state index in [1.807, 2.05) is 20.8 Å². The number of rotatable bonds is 3. The summed E-state index contributed by atoms with van der Waals surface area (Å²) in [5.74, 6) is -0.292. The van der Waals surface area contributed by atoms with Crippen LogP contribution >= 0.6 is 0 Å². The molecule has 0 aliphatic carbocycles. The molecule has 1 atom stereocenters. The number of aromatic amines is 1. The zero-order valence-electron chi connectivity index (χ0n) is 17.0. The number of urea groups is 1. The molecule has 0 saturated carbocycles. The van der Waals surface area contributed by atoms with Gasteiger partial charge in [-0.25, -0.2) is 9.69 Å². The third-order valence-corrected chi connectivity index (χ3v) is 4.82. The molecule has 9 nitrogen and oxygen atoms in total. The minimum atomic E-state index is -0.547. The van der Waals surface area contributed by atoms with Crippen LogP contribution in [0.25, 0.3) is 0 Å². The van der Waals surface area contributed by atoms with Crippen LogP contribution in [0.2, 0.25) is 0 Å². The van der Waals surface area contributed by atoms with Gasteiger partial charge < -0.3 is 4.90 Å². The number of nitrogens with zero attached hydrogens (tertiary/aromatic N) is 5. The van der Waals surface area contributed by atoms with E-state index in [9.17, 15) is 14.9 Å². The number of amides is 3. The van der Waals surface area contributed by atoms with Crippen LogP contribution in [0.5, 0.6) is 0 Å². The summed E-state index contributed by atoms with van der Waals surface area (Å²) < 4.78 is 0. The highest BCUT2D eigenvalue weighted by Crippen LogP contribution is 2.28. The quantitative estimate of drug-likeness (QED) is 0.778. The molecule has 3 rings (SSSR count). The number of nitriles is 1. The van der Waals surface area contributed by atoms with Crippen LogP contribution in [0.3, 0.4) is 0 Å². The van der Waals surface area contributed by atoms with Crippen molar-refractivity contribution in [3.63, 3.8) is 0 Å². The first-order valence-electron chi connectivity index (χ1n) is 9.15. The summed E-state index contributed by atoms with van der Waals surface area (Å²) in [6, 6.07) is 9.82. The van der Waals surface area contributed by atoms with Crippen molar-refractivity contribution in [2.24, 2.45) is 5.10 Å². The molecule has 2 heterocycles. The van der Waals surface area contributed by atoms with E-state index in [0.29, 0.717) is 16.9 Å². The molecule has 2 N–H and O–H groups in total. The Bertz CT molecular complexity index is 1010. The second-order valence-corrected chi connectivity index (χ2v) is 7.84. The maximum absolute atomic E-state index is 13.0. The maximum Gasteiger partial charge on any atom is 0.331 e. The van der Waals surface area contributed by atoms with Gasteiger partial charge in [-0.1, -0.05) is 39.0 Å². The topological polar surface area (TPSA) is 117 Å². The lowest BCUT2D eigenvalue weighted by Crippen LogP contribution is -2.60. The molecule has 3 amide bonds. The van der Waals surface area contributed by atoms with Gasteiger partial charge in [-0.05, 0) is 19.1 Å². The van der Waals surface area contributed by atoms with Crippen LogP contribution < -0.4 is 10.3 Å². The molecule has 2 aromatic rings. The van der Waals surface area contributed by atoms with Crippen LogP contribution in [0.4, 0.5) is 16.3 Å². The summed E-state index contributed by atoms with van der Waals surface area (Å²) in [5, 5.41) is 20.8. The molecule has 9 heteroatoms. The van der Waals surface area contributed by atoms with Gasteiger partial charge in [-0.15, -0.1) is 0 Å². The predicted octanol–water partition coefficient (Wildman–Crippen LogP) is 2.83. The van der Waals surface area contributed by atoms with Crippen molar-refractivity contribution < 1.29 is 9.59 Å². The van der Waals surface area contributed by atoms with Gasteiger partial charge in [0.15, 0.2) is 5.82 Å². The van der Waals surface area contributed by atoms with E-state index in [1.165, 1.54) is 4.90 Å². The van der Waals surface area contributed by atoms with E-state index in [-0.39, 0.29) is 16.9 Å². The standard InChI is InChI=1S/C20H23N7O2/c1-12-15(22-24-17-14(11-21)16(23-25-17)20(2,3)4)18(28)27(19(29)26(12)5)13-9-7-6-8-10-13/h6-10,12H,1-5H3,(H2,23,24,25).